The highest BCUT2D eigenvalue weighted by atomic mass is 31.2. The highest BCUT2D eigenvalue weighted by Gasteiger charge is 2.38. The van der Waals surface area contributed by atoms with Gasteiger partial charge in [0.05, 0.1) is 0 Å². The van der Waals surface area contributed by atoms with Crippen molar-refractivity contribution in [2.75, 3.05) is 14.2 Å². The second-order valence-corrected chi connectivity index (χ2v) is 5.50. The highest BCUT2D eigenvalue weighted by Crippen LogP contribution is 2.53. The summed E-state index contributed by atoms with van der Waals surface area (Å²) in [7, 11) is -0.0262. The van der Waals surface area contributed by atoms with E-state index in [0.29, 0.717) is 6.04 Å². The van der Waals surface area contributed by atoms with E-state index in [-0.39, 0.29) is 5.78 Å². The molecule has 0 aromatic carbocycles. The van der Waals surface area contributed by atoms with Crippen molar-refractivity contribution in [2.45, 2.75) is 31.6 Å². The zero-order valence-corrected chi connectivity index (χ0v) is 8.64. The van der Waals surface area contributed by atoms with Crippen molar-refractivity contribution in [3.63, 3.8) is 0 Å². The normalized spacial score (nSPS) is 30.9. The molecule has 2 atom stereocenters. The van der Waals surface area contributed by atoms with Crippen molar-refractivity contribution in [3.8, 4) is 0 Å². The summed E-state index contributed by atoms with van der Waals surface area (Å²) in [6.45, 7) is 2.07. The molecule has 0 spiro atoms. The van der Waals surface area contributed by atoms with Gasteiger partial charge in [-0.25, -0.2) is 0 Å². The maximum absolute atomic E-state index is 11.8. The molecule has 1 fully saturated rings. The van der Waals surface area contributed by atoms with Crippen LogP contribution in [0, 0.1) is 0 Å². The van der Waals surface area contributed by atoms with Crippen LogP contribution in [0.2, 0.25) is 0 Å². The Labute approximate surface area is 73.2 Å². The Morgan fingerprint density at radius 3 is 2.25 bits per heavy atom. The molecule has 0 amide bonds. The van der Waals surface area contributed by atoms with Crippen LogP contribution in [-0.2, 0) is 13.6 Å². The Bertz CT molecular complexity index is 189. The summed E-state index contributed by atoms with van der Waals surface area (Å²) in [6, 6.07) is 0.411. The summed E-state index contributed by atoms with van der Waals surface area (Å²) in [5.41, 5.74) is 0. The van der Waals surface area contributed by atoms with E-state index in [1.165, 1.54) is 14.2 Å². The minimum absolute atomic E-state index is 0.123. The summed E-state index contributed by atoms with van der Waals surface area (Å²) in [5, 5.41) is 3.18. The maximum atomic E-state index is 11.8. The van der Waals surface area contributed by atoms with Crippen LogP contribution in [0.1, 0.15) is 19.8 Å². The first-order valence-corrected chi connectivity index (χ1v) is 5.71. The first kappa shape index (κ1) is 10.2. The van der Waals surface area contributed by atoms with Gasteiger partial charge in [-0.2, -0.15) is 0 Å². The molecule has 0 bridgehead atoms. The van der Waals surface area contributed by atoms with Gasteiger partial charge < -0.3 is 14.4 Å². The number of hydrogen-bond acceptors (Lipinski definition) is 4. The molecule has 0 unspecified atom stereocenters. The second kappa shape index (κ2) is 3.88. The number of rotatable bonds is 3. The van der Waals surface area contributed by atoms with E-state index in [1.54, 1.807) is 0 Å². The quantitative estimate of drug-likeness (QED) is 0.691. The molecule has 1 aliphatic heterocycles. The lowest BCUT2D eigenvalue weighted by Crippen LogP contribution is -2.27. The van der Waals surface area contributed by atoms with Crippen molar-refractivity contribution >= 4 is 7.60 Å². The fraction of sp³-hybridized carbons (Fsp3) is 1.00. The van der Waals surface area contributed by atoms with Crippen molar-refractivity contribution in [2.24, 2.45) is 0 Å². The minimum Gasteiger partial charge on any atom is -0.311 e. The Balaban J connectivity index is 2.62. The van der Waals surface area contributed by atoms with Gasteiger partial charge in [0.25, 0.3) is 0 Å². The fourth-order valence-corrected chi connectivity index (χ4v) is 3.04. The van der Waals surface area contributed by atoms with Gasteiger partial charge in [-0.1, -0.05) is 0 Å². The van der Waals surface area contributed by atoms with Crippen LogP contribution in [0.15, 0.2) is 0 Å². The van der Waals surface area contributed by atoms with E-state index in [0.717, 1.165) is 12.8 Å². The van der Waals surface area contributed by atoms with E-state index in [9.17, 15) is 4.57 Å². The molecule has 72 valence electrons. The van der Waals surface area contributed by atoms with E-state index < -0.39 is 7.60 Å². The molecule has 1 rings (SSSR count). The Morgan fingerprint density at radius 2 is 1.92 bits per heavy atom. The van der Waals surface area contributed by atoms with E-state index >= 15 is 0 Å². The molecule has 1 saturated heterocycles. The van der Waals surface area contributed by atoms with Crippen molar-refractivity contribution < 1.29 is 13.6 Å². The first-order valence-electron chi connectivity index (χ1n) is 4.09. The molecule has 1 N–H and O–H groups in total. The molecular formula is C7H16NO3P. The molecule has 0 radical (unpaired) electrons. The molecular weight excluding hydrogens is 177 g/mol. The Hall–Kier alpha value is 0.110. The van der Waals surface area contributed by atoms with E-state index in [4.69, 9.17) is 9.05 Å². The Kier molecular flexibility index (Phi) is 3.29. The standard InChI is InChI=1S/C7H16NO3P/c1-6-4-5-7(8-6)12(9,10-2)11-3/h6-8H,4-5H2,1-3H3/t6-,7+/m0/s1. The van der Waals surface area contributed by atoms with Gasteiger partial charge in [0.15, 0.2) is 0 Å². The highest BCUT2D eigenvalue weighted by molar-refractivity contribution is 7.54. The molecule has 0 saturated carbocycles. The number of nitrogens with one attached hydrogen (secondary N) is 1. The van der Waals surface area contributed by atoms with E-state index in [2.05, 4.69) is 12.2 Å². The van der Waals surface area contributed by atoms with Crippen LogP contribution in [-0.4, -0.2) is 26.0 Å². The van der Waals surface area contributed by atoms with E-state index in [1.807, 2.05) is 0 Å². The summed E-state index contributed by atoms with van der Waals surface area (Å²) >= 11 is 0. The lowest BCUT2D eigenvalue weighted by atomic mass is 10.3. The lowest BCUT2D eigenvalue weighted by molar-refractivity contribution is 0.262. The molecule has 1 aliphatic rings. The van der Waals surface area contributed by atoms with Gasteiger partial charge in [0.1, 0.15) is 5.78 Å². The summed E-state index contributed by atoms with van der Waals surface area (Å²) in [6.07, 6.45) is 1.89. The molecule has 0 aliphatic carbocycles. The van der Waals surface area contributed by atoms with Crippen LogP contribution >= 0.6 is 7.60 Å². The topological polar surface area (TPSA) is 47.6 Å². The van der Waals surface area contributed by atoms with Crippen molar-refractivity contribution in [1.82, 2.24) is 5.32 Å². The van der Waals surface area contributed by atoms with Gasteiger partial charge in [-0.3, -0.25) is 4.57 Å². The predicted molar refractivity (Wildman–Crippen MR) is 47.2 cm³/mol. The molecule has 1 heterocycles. The minimum atomic E-state index is -2.88. The van der Waals surface area contributed by atoms with Crippen molar-refractivity contribution in [1.29, 1.82) is 0 Å². The third kappa shape index (κ3) is 1.88. The zero-order chi connectivity index (χ0) is 9.19. The third-order valence-electron chi connectivity index (χ3n) is 2.24. The molecule has 0 aromatic rings. The molecule has 0 aromatic heterocycles. The molecule has 12 heavy (non-hydrogen) atoms. The second-order valence-electron chi connectivity index (χ2n) is 3.07. The average molecular weight is 193 g/mol. The van der Waals surface area contributed by atoms with Crippen LogP contribution < -0.4 is 5.32 Å². The first-order chi connectivity index (χ1) is 5.62. The van der Waals surface area contributed by atoms with Gasteiger partial charge >= 0.3 is 7.60 Å². The van der Waals surface area contributed by atoms with Crippen LogP contribution in [0.4, 0.5) is 0 Å². The predicted octanol–water partition coefficient (Wildman–Crippen LogP) is 1.57. The lowest BCUT2D eigenvalue weighted by Gasteiger charge is -2.20. The third-order valence-corrected chi connectivity index (χ3v) is 4.43. The zero-order valence-electron chi connectivity index (χ0n) is 7.74. The molecule has 5 heteroatoms. The summed E-state index contributed by atoms with van der Waals surface area (Å²) in [4.78, 5) is 0. The van der Waals surface area contributed by atoms with Gasteiger partial charge in [-0.15, -0.1) is 0 Å². The Morgan fingerprint density at radius 1 is 1.33 bits per heavy atom. The van der Waals surface area contributed by atoms with Gasteiger partial charge in [0, 0.05) is 20.3 Å². The summed E-state index contributed by atoms with van der Waals surface area (Å²) < 4.78 is 21.6. The largest absolute Gasteiger partial charge is 0.346 e. The fourth-order valence-electron chi connectivity index (χ4n) is 1.48. The number of hydrogen-bond donors (Lipinski definition) is 1. The van der Waals surface area contributed by atoms with Crippen molar-refractivity contribution in [3.05, 3.63) is 0 Å². The summed E-state index contributed by atoms with van der Waals surface area (Å²) in [5.74, 6) is -0.123. The van der Waals surface area contributed by atoms with Crippen LogP contribution in [0.25, 0.3) is 0 Å². The van der Waals surface area contributed by atoms with Gasteiger partial charge in [0.2, 0.25) is 0 Å². The van der Waals surface area contributed by atoms with Gasteiger partial charge in [-0.05, 0) is 19.8 Å². The molecule has 4 nitrogen and oxygen atoms in total. The van der Waals surface area contributed by atoms with Crippen LogP contribution in [0.3, 0.4) is 0 Å². The maximum Gasteiger partial charge on any atom is 0.346 e. The smallest absolute Gasteiger partial charge is 0.311 e. The average Bonchev–Trinajstić information content (AvgIpc) is 2.51. The monoisotopic (exact) mass is 193 g/mol. The van der Waals surface area contributed by atoms with Crippen LogP contribution in [0.5, 0.6) is 0 Å². The SMILES string of the molecule is COP(=O)(OC)[C@@H]1CC[C@H](C)N1.